The molecule has 1 amide bonds. The molecule has 0 unspecified atom stereocenters. The van der Waals surface area contributed by atoms with E-state index in [1.807, 2.05) is 6.07 Å². The summed E-state index contributed by atoms with van der Waals surface area (Å²) >= 11 is 0. The first-order valence-corrected chi connectivity index (χ1v) is 13.9. The van der Waals surface area contributed by atoms with E-state index in [0.29, 0.717) is 48.2 Å². The molecule has 2 aliphatic heterocycles. The molecule has 2 aliphatic rings. The van der Waals surface area contributed by atoms with Crippen molar-refractivity contribution in [3.05, 3.63) is 59.2 Å². The summed E-state index contributed by atoms with van der Waals surface area (Å²) in [5.41, 5.74) is 1.12. The molecule has 0 aliphatic carbocycles. The zero-order valence-electron chi connectivity index (χ0n) is 23.1. The molecular formula is C31H39NO7. The van der Waals surface area contributed by atoms with Crippen LogP contribution in [0.25, 0.3) is 5.76 Å². The Bertz CT molecular complexity index is 1170. The number of unbranched alkanes of at least 4 members (excludes halogenated alkanes) is 2. The zero-order chi connectivity index (χ0) is 27.8. The molecule has 8 nitrogen and oxygen atoms in total. The van der Waals surface area contributed by atoms with Crippen molar-refractivity contribution in [3.63, 3.8) is 0 Å². The Balaban J connectivity index is 1.72. The second-order valence-electron chi connectivity index (χ2n) is 9.93. The smallest absolute Gasteiger partial charge is 0.295 e. The molecule has 0 aromatic heterocycles. The predicted octanol–water partition coefficient (Wildman–Crippen LogP) is 5.65. The fourth-order valence-corrected chi connectivity index (χ4v) is 4.92. The van der Waals surface area contributed by atoms with E-state index in [1.54, 1.807) is 43.5 Å². The highest BCUT2D eigenvalue weighted by atomic mass is 16.5. The van der Waals surface area contributed by atoms with Crippen molar-refractivity contribution in [1.29, 1.82) is 0 Å². The molecule has 210 valence electrons. The molecule has 2 aromatic rings. The van der Waals surface area contributed by atoms with Crippen LogP contribution < -0.4 is 14.2 Å². The molecule has 0 bridgehead atoms. The average molecular weight is 538 g/mol. The first kappa shape index (κ1) is 28.5. The Labute approximate surface area is 230 Å². The maximum absolute atomic E-state index is 13.4. The summed E-state index contributed by atoms with van der Waals surface area (Å²) in [7, 11) is 1.55. The largest absolute Gasteiger partial charge is 0.507 e. The summed E-state index contributed by atoms with van der Waals surface area (Å²) in [6, 6.07) is 11.5. The Morgan fingerprint density at radius 3 is 2.36 bits per heavy atom. The van der Waals surface area contributed by atoms with E-state index in [1.165, 1.54) is 4.90 Å². The summed E-state index contributed by atoms with van der Waals surface area (Å²) in [4.78, 5) is 28.2. The van der Waals surface area contributed by atoms with Gasteiger partial charge in [-0.3, -0.25) is 9.59 Å². The SMILES string of the molecule is CCCCOc1ccc(C(O)=C2C(=O)C(=O)N(C[C@@H]3CCCO3)[C@H]2c2ccc(OCCCC)c(OC)c2)cc1. The van der Waals surface area contributed by atoms with Crippen LogP contribution in [0, 0.1) is 0 Å². The van der Waals surface area contributed by atoms with Crippen molar-refractivity contribution in [2.24, 2.45) is 0 Å². The van der Waals surface area contributed by atoms with Crippen molar-refractivity contribution >= 4 is 17.4 Å². The molecule has 4 rings (SSSR count). The molecule has 0 spiro atoms. The number of likely N-dealkylation sites (tertiary alicyclic amines) is 1. The van der Waals surface area contributed by atoms with Gasteiger partial charge in [-0.15, -0.1) is 0 Å². The Kier molecular flexibility index (Phi) is 9.87. The lowest BCUT2D eigenvalue weighted by atomic mass is 9.94. The number of amides is 1. The number of rotatable bonds is 13. The van der Waals surface area contributed by atoms with Gasteiger partial charge in [-0.2, -0.15) is 0 Å². The number of carbonyl (C=O) groups is 2. The summed E-state index contributed by atoms with van der Waals surface area (Å²) in [5.74, 6) is 0.165. The highest BCUT2D eigenvalue weighted by Gasteiger charge is 2.47. The average Bonchev–Trinajstić information content (AvgIpc) is 3.56. The number of nitrogens with zero attached hydrogens (tertiary/aromatic N) is 1. The van der Waals surface area contributed by atoms with E-state index in [2.05, 4.69) is 13.8 Å². The Morgan fingerprint density at radius 1 is 1.00 bits per heavy atom. The van der Waals surface area contributed by atoms with Crippen LogP contribution in [0.3, 0.4) is 0 Å². The van der Waals surface area contributed by atoms with E-state index in [0.717, 1.165) is 38.5 Å². The summed E-state index contributed by atoms with van der Waals surface area (Å²) in [6.07, 6.45) is 5.44. The quantitative estimate of drug-likeness (QED) is 0.153. The highest BCUT2D eigenvalue weighted by Crippen LogP contribution is 2.42. The lowest BCUT2D eigenvalue weighted by Gasteiger charge is -2.28. The molecule has 2 fully saturated rings. The fraction of sp³-hybridized carbons (Fsp3) is 0.484. The van der Waals surface area contributed by atoms with Gasteiger partial charge in [0.15, 0.2) is 11.5 Å². The van der Waals surface area contributed by atoms with Crippen molar-refractivity contribution in [2.45, 2.75) is 64.5 Å². The first-order chi connectivity index (χ1) is 19.0. The maximum atomic E-state index is 13.4. The summed E-state index contributed by atoms with van der Waals surface area (Å²) < 4.78 is 23.0. The minimum Gasteiger partial charge on any atom is -0.507 e. The van der Waals surface area contributed by atoms with Gasteiger partial charge in [0.05, 0.1) is 38.0 Å². The number of carbonyl (C=O) groups excluding carboxylic acids is 2. The normalized spacial score (nSPS) is 20.4. The monoisotopic (exact) mass is 537 g/mol. The number of hydrogen-bond donors (Lipinski definition) is 1. The van der Waals surface area contributed by atoms with E-state index >= 15 is 0 Å². The van der Waals surface area contributed by atoms with Crippen LogP contribution >= 0.6 is 0 Å². The van der Waals surface area contributed by atoms with E-state index in [9.17, 15) is 14.7 Å². The number of aliphatic hydroxyl groups excluding tert-OH is 1. The number of ether oxygens (including phenoxy) is 4. The summed E-state index contributed by atoms with van der Waals surface area (Å²) in [6.45, 7) is 6.24. The van der Waals surface area contributed by atoms with Gasteiger partial charge in [0.1, 0.15) is 11.5 Å². The fourth-order valence-electron chi connectivity index (χ4n) is 4.92. The minimum absolute atomic E-state index is 0.0411. The minimum atomic E-state index is -0.798. The molecule has 2 atom stereocenters. The number of methoxy groups -OCH3 is 1. The third-order valence-electron chi connectivity index (χ3n) is 7.12. The second-order valence-corrected chi connectivity index (χ2v) is 9.93. The Hall–Kier alpha value is -3.52. The standard InChI is InChI=1S/C31H39NO7/c1-4-6-16-37-23-13-10-21(11-14-23)29(33)27-28(32(31(35)30(27)34)20-24-9-8-18-38-24)22-12-15-25(26(19-22)36-3)39-17-7-5-2/h10-15,19,24,28,33H,4-9,16-18,20H2,1-3H3/t24-,28-/m0/s1. The predicted molar refractivity (Wildman–Crippen MR) is 148 cm³/mol. The van der Waals surface area contributed by atoms with E-state index in [4.69, 9.17) is 18.9 Å². The number of ketones is 1. The number of hydrogen-bond acceptors (Lipinski definition) is 7. The topological polar surface area (TPSA) is 94.5 Å². The number of aliphatic hydroxyl groups is 1. The molecule has 8 heteroatoms. The van der Waals surface area contributed by atoms with Gasteiger partial charge in [-0.05, 0) is 67.6 Å². The molecule has 2 heterocycles. The Morgan fingerprint density at radius 2 is 1.72 bits per heavy atom. The van der Waals surface area contributed by atoms with Gasteiger partial charge in [-0.1, -0.05) is 32.8 Å². The van der Waals surface area contributed by atoms with Gasteiger partial charge in [0, 0.05) is 18.7 Å². The van der Waals surface area contributed by atoms with Crippen LogP contribution in [-0.2, 0) is 14.3 Å². The number of benzene rings is 2. The van der Waals surface area contributed by atoms with Crippen molar-refractivity contribution in [3.8, 4) is 17.2 Å². The van der Waals surface area contributed by atoms with Crippen LogP contribution in [0.1, 0.15) is 69.5 Å². The van der Waals surface area contributed by atoms with Crippen LogP contribution in [0.5, 0.6) is 17.2 Å². The van der Waals surface area contributed by atoms with Gasteiger partial charge in [-0.25, -0.2) is 0 Å². The molecule has 2 saturated heterocycles. The van der Waals surface area contributed by atoms with Crippen molar-refractivity contribution < 1.29 is 33.6 Å². The third kappa shape index (κ3) is 6.56. The molecule has 0 radical (unpaired) electrons. The third-order valence-corrected chi connectivity index (χ3v) is 7.12. The van der Waals surface area contributed by atoms with Gasteiger partial charge in [0.2, 0.25) is 0 Å². The molecule has 39 heavy (non-hydrogen) atoms. The second kappa shape index (κ2) is 13.5. The highest BCUT2D eigenvalue weighted by molar-refractivity contribution is 6.46. The number of Topliss-reactive ketones (excluding diaryl/α,β-unsaturated/α-hetero) is 1. The maximum Gasteiger partial charge on any atom is 0.295 e. The molecule has 0 saturated carbocycles. The van der Waals surface area contributed by atoms with Crippen LogP contribution in [0.15, 0.2) is 48.0 Å². The van der Waals surface area contributed by atoms with Crippen LogP contribution in [-0.4, -0.2) is 61.3 Å². The lowest BCUT2D eigenvalue weighted by molar-refractivity contribution is -0.140. The van der Waals surface area contributed by atoms with Crippen molar-refractivity contribution in [2.75, 3.05) is 33.5 Å². The first-order valence-electron chi connectivity index (χ1n) is 13.9. The van der Waals surface area contributed by atoms with Crippen molar-refractivity contribution in [1.82, 2.24) is 4.90 Å². The van der Waals surface area contributed by atoms with Crippen LogP contribution in [0.2, 0.25) is 0 Å². The molecular weight excluding hydrogens is 498 g/mol. The van der Waals surface area contributed by atoms with E-state index < -0.39 is 17.7 Å². The van der Waals surface area contributed by atoms with E-state index in [-0.39, 0.29) is 24.0 Å². The molecule has 1 N–H and O–H groups in total. The summed E-state index contributed by atoms with van der Waals surface area (Å²) in [5, 5.41) is 11.4. The van der Waals surface area contributed by atoms with Gasteiger partial charge < -0.3 is 29.0 Å². The lowest BCUT2D eigenvalue weighted by Crippen LogP contribution is -2.36. The van der Waals surface area contributed by atoms with Gasteiger partial charge >= 0.3 is 0 Å². The van der Waals surface area contributed by atoms with Crippen LogP contribution in [0.4, 0.5) is 0 Å². The molecule has 2 aromatic carbocycles. The van der Waals surface area contributed by atoms with Gasteiger partial charge in [0.25, 0.3) is 11.7 Å². The zero-order valence-corrected chi connectivity index (χ0v) is 23.1.